The second-order valence-electron chi connectivity index (χ2n) is 5.70. The lowest BCUT2D eigenvalue weighted by Gasteiger charge is -2.33. The van der Waals surface area contributed by atoms with Crippen LogP contribution in [0.4, 0.5) is 5.69 Å². The highest BCUT2D eigenvalue weighted by Gasteiger charge is 2.30. The van der Waals surface area contributed by atoms with Gasteiger partial charge in [0.1, 0.15) is 0 Å². The number of fused-ring (bicyclic) bond motifs is 1. The molecule has 0 radical (unpaired) electrons. The molecule has 23 heavy (non-hydrogen) atoms. The van der Waals surface area contributed by atoms with Gasteiger partial charge in [-0.05, 0) is 18.2 Å². The van der Waals surface area contributed by atoms with Crippen LogP contribution in [0, 0.1) is 0 Å². The molecule has 6 nitrogen and oxygen atoms in total. The van der Waals surface area contributed by atoms with Crippen molar-refractivity contribution in [3.63, 3.8) is 0 Å². The van der Waals surface area contributed by atoms with Crippen molar-refractivity contribution in [2.24, 2.45) is 0 Å². The van der Waals surface area contributed by atoms with E-state index in [4.69, 9.17) is 4.74 Å². The Labute approximate surface area is 140 Å². The lowest BCUT2D eigenvalue weighted by atomic mass is 10.2. The molecule has 1 atom stereocenters. The van der Waals surface area contributed by atoms with Crippen LogP contribution in [0.25, 0.3) is 0 Å². The Morgan fingerprint density at radius 3 is 2.65 bits per heavy atom. The standard InChI is InChI=1S/C15H20N2O4S2/c1-11-10-17(12(2)18)14-9-13(3-4-15(14)22-11)23(19,20)16-5-7-21-8-6-16/h3-4,9,11H,5-8,10H2,1-2H3. The molecular formula is C15H20N2O4S2. The zero-order chi connectivity index (χ0) is 16.6. The van der Waals surface area contributed by atoms with Crippen molar-refractivity contribution in [3.05, 3.63) is 18.2 Å². The molecule has 2 heterocycles. The fraction of sp³-hybridized carbons (Fsp3) is 0.533. The number of thioether (sulfide) groups is 1. The average molecular weight is 356 g/mol. The number of sulfonamides is 1. The highest BCUT2D eigenvalue weighted by Crippen LogP contribution is 2.40. The zero-order valence-corrected chi connectivity index (χ0v) is 14.8. The first-order valence-electron chi connectivity index (χ1n) is 7.56. The smallest absolute Gasteiger partial charge is 0.243 e. The molecular weight excluding hydrogens is 336 g/mol. The van der Waals surface area contributed by atoms with Gasteiger partial charge in [0.05, 0.1) is 23.8 Å². The Morgan fingerprint density at radius 2 is 2.00 bits per heavy atom. The van der Waals surface area contributed by atoms with Crippen LogP contribution >= 0.6 is 11.8 Å². The van der Waals surface area contributed by atoms with Gasteiger partial charge in [-0.1, -0.05) is 6.92 Å². The summed E-state index contributed by atoms with van der Waals surface area (Å²) in [4.78, 5) is 14.8. The molecule has 0 spiro atoms. The van der Waals surface area contributed by atoms with Gasteiger partial charge in [-0.3, -0.25) is 4.79 Å². The van der Waals surface area contributed by atoms with Gasteiger partial charge in [0, 0.05) is 36.7 Å². The molecule has 1 saturated heterocycles. The van der Waals surface area contributed by atoms with Crippen LogP contribution in [-0.4, -0.2) is 56.7 Å². The van der Waals surface area contributed by atoms with Crippen molar-refractivity contribution in [2.45, 2.75) is 28.9 Å². The quantitative estimate of drug-likeness (QED) is 0.804. The maximum atomic E-state index is 12.8. The second-order valence-corrected chi connectivity index (χ2v) is 9.12. The number of hydrogen-bond acceptors (Lipinski definition) is 5. The maximum absolute atomic E-state index is 12.8. The van der Waals surface area contributed by atoms with E-state index in [9.17, 15) is 13.2 Å². The number of morpholine rings is 1. The first kappa shape index (κ1) is 16.8. The summed E-state index contributed by atoms with van der Waals surface area (Å²) in [7, 11) is -3.55. The number of rotatable bonds is 2. The molecule has 2 aliphatic heterocycles. The van der Waals surface area contributed by atoms with Crippen molar-refractivity contribution < 1.29 is 17.9 Å². The van der Waals surface area contributed by atoms with Crippen molar-refractivity contribution in [1.29, 1.82) is 0 Å². The van der Waals surface area contributed by atoms with E-state index in [-0.39, 0.29) is 16.1 Å². The minimum Gasteiger partial charge on any atom is -0.379 e. The molecule has 2 aliphatic rings. The molecule has 0 bridgehead atoms. The summed E-state index contributed by atoms with van der Waals surface area (Å²) in [5.41, 5.74) is 0.690. The molecule has 3 rings (SSSR count). The number of amides is 1. The van der Waals surface area contributed by atoms with Gasteiger partial charge in [-0.15, -0.1) is 11.8 Å². The van der Waals surface area contributed by atoms with Crippen LogP contribution in [0.5, 0.6) is 0 Å². The fourth-order valence-corrected chi connectivity index (χ4v) is 5.33. The Kier molecular flexibility index (Phi) is 4.68. The Balaban J connectivity index is 1.99. The molecule has 0 aliphatic carbocycles. The lowest BCUT2D eigenvalue weighted by Crippen LogP contribution is -2.41. The maximum Gasteiger partial charge on any atom is 0.243 e. The van der Waals surface area contributed by atoms with Gasteiger partial charge >= 0.3 is 0 Å². The summed E-state index contributed by atoms with van der Waals surface area (Å²) in [6.07, 6.45) is 0. The molecule has 1 unspecified atom stereocenters. The summed E-state index contributed by atoms with van der Waals surface area (Å²) in [5.74, 6) is -0.0701. The number of benzene rings is 1. The molecule has 0 aromatic heterocycles. The van der Waals surface area contributed by atoms with E-state index in [1.54, 1.807) is 34.9 Å². The van der Waals surface area contributed by atoms with Gasteiger partial charge in [0.15, 0.2) is 0 Å². The van der Waals surface area contributed by atoms with E-state index < -0.39 is 10.0 Å². The first-order valence-corrected chi connectivity index (χ1v) is 9.88. The lowest BCUT2D eigenvalue weighted by molar-refractivity contribution is -0.116. The van der Waals surface area contributed by atoms with Crippen LogP contribution in [0.2, 0.25) is 0 Å². The van der Waals surface area contributed by atoms with Gasteiger partial charge in [0.25, 0.3) is 0 Å². The second kappa shape index (κ2) is 6.43. The zero-order valence-electron chi connectivity index (χ0n) is 13.2. The molecule has 8 heteroatoms. The summed E-state index contributed by atoms with van der Waals surface area (Å²) >= 11 is 1.67. The predicted octanol–water partition coefficient (Wildman–Crippen LogP) is 1.55. The minimum absolute atomic E-state index is 0.0701. The number of carbonyl (C=O) groups excluding carboxylic acids is 1. The van der Waals surface area contributed by atoms with Gasteiger partial charge in [-0.25, -0.2) is 8.42 Å². The van der Waals surface area contributed by atoms with Crippen LogP contribution in [0.3, 0.4) is 0 Å². The summed E-state index contributed by atoms with van der Waals surface area (Å²) in [5, 5.41) is 0.285. The van der Waals surface area contributed by atoms with E-state index in [0.717, 1.165) is 4.90 Å². The van der Waals surface area contributed by atoms with Crippen molar-refractivity contribution in [1.82, 2.24) is 4.31 Å². The van der Waals surface area contributed by atoms with Crippen molar-refractivity contribution in [3.8, 4) is 0 Å². The first-order chi connectivity index (χ1) is 10.9. The third-order valence-corrected chi connectivity index (χ3v) is 7.02. The van der Waals surface area contributed by atoms with Crippen LogP contribution in [0.15, 0.2) is 28.0 Å². The molecule has 1 amide bonds. The SMILES string of the molecule is CC(=O)N1CC(C)Sc2ccc(S(=O)(=O)N3CCOCC3)cc21. The Morgan fingerprint density at radius 1 is 1.30 bits per heavy atom. The molecule has 1 aromatic carbocycles. The highest BCUT2D eigenvalue weighted by molar-refractivity contribution is 8.00. The Hall–Kier alpha value is -1.09. The van der Waals surface area contributed by atoms with E-state index in [0.29, 0.717) is 38.5 Å². The number of carbonyl (C=O) groups is 1. The van der Waals surface area contributed by atoms with Gasteiger partial charge < -0.3 is 9.64 Å². The van der Waals surface area contributed by atoms with Crippen LogP contribution < -0.4 is 4.90 Å². The van der Waals surface area contributed by atoms with E-state index in [1.165, 1.54) is 11.2 Å². The number of nitrogens with zero attached hydrogens (tertiary/aromatic N) is 2. The normalized spacial score (nSPS) is 22.7. The van der Waals surface area contributed by atoms with Gasteiger partial charge in [0.2, 0.25) is 15.9 Å². The fourth-order valence-electron chi connectivity index (χ4n) is 2.81. The molecule has 0 saturated carbocycles. The average Bonchev–Trinajstić information content (AvgIpc) is 2.54. The van der Waals surface area contributed by atoms with E-state index in [2.05, 4.69) is 6.92 Å². The predicted molar refractivity (Wildman–Crippen MR) is 89.4 cm³/mol. The monoisotopic (exact) mass is 356 g/mol. The number of ether oxygens (including phenoxy) is 1. The van der Waals surface area contributed by atoms with Crippen molar-refractivity contribution in [2.75, 3.05) is 37.7 Å². The summed E-state index contributed by atoms with van der Waals surface area (Å²) in [6.45, 7) is 5.71. The summed E-state index contributed by atoms with van der Waals surface area (Å²) < 4.78 is 32.2. The Bertz CT molecular complexity index is 714. The van der Waals surface area contributed by atoms with E-state index in [1.807, 2.05) is 0 Å². The number of hydrogen-bond donors (Lipinski definition) is 0. The highest BCUT2D eigenvalue weighted by atomic mass is 32.2. The topological polar surface area (TPSA) is 66.9 Å². The van der Waals surface area contributed by atoms with Crippen LogP contribution in [-0.2, 0) is 19.6 Å². The van der Waals surface area contributed by atoms with Crippen molar-refractivity contribution >= 4 is 33.4 Å². The molecule has 1 aromatic rings. The minimum atomic E-state index is -3.55. The molecule has 126 valence electrons. The third-order valence-electron chi connectivity index (χ3n) is 3.98. The number of anilines is 1. The largest absolute Gasteiger partial charge is 0.379 e. The summed E-state index contributed by atoms with van der Waals surface area (Å²) in [6, 6.07) is 5.06. The molecule has 0 N–H and O–H groups in total. The third kappa shape index (κ3) is 3.26. The van der Waals surface area contributed by atoms with Crippen LogP contribution in [0.1, 0.15) is 13.8 Å². The van der Waals surface area contributed by atoms with E-state index >= 15 is 0 Å². The van der Waals surface area contributed by atoms with Gasteiger partial charge in [-0.2, -0.15) is 4.31 Å². The molecule has 1 fully saturated rings.